The highest BCUT2D eigenvalue weighted by Gasteiger charge is 2.41. The monoisotopic (exact) mass is 1740 g/mol. The molecule has 3 aliphatic carbocycles. The van der Waals surface area contributed by atoms with Gasteiger partial charge in [0.2, 0.25) is 0 Å². The molecule has 136 heavy (non-hydrogen) atoms. The van der Waals surface area contributed by atoms with Crippen molar-refractivity contribution in [2.45, 2.75) is 57.8 Å². The minimum Gasteiger partial charge on any atom is -0.455 e. The van der Waals surface area contributed by atoms with E-state index in [2.05, 4.69) is 460 Å². The molecule has 0 bridgehead atoms. The van der Waals surface area contributed by atoms with Gasteiger partial charge in [0.1, 0.15) is 27.9 Å². The molecule has 7 nitrogen and oxygen atoms in total. The maximum Gasteiger partial charge on any atom is 0.159 e. The molecule has 0 N–H and O–H groups in total. The Kier molecular flexibility index (Phi) is 16.6. The van der Waals surface area contributed by atoms with Crippen LogP contribution in [-0.2, 0) is 16.2 Å². The van der Waals surface area contributed by atoms with Gasteiger partial charge in [-0.1, -0.05) is 339 Å². The topological polar surface area (TPSA) is 59.1 Å². The molecular formula is C129H88N4O3. The lowest BCUT2D eigenvalue weighted by atomic mass is 9.80. The number of hydrogen-bond donors (Lipinski definition) is 0. The lowest BCUT2D eigenvalue weighted by molar-refractivity contribution is 0.661. The molecular weight excluding hydrogens is 1650 g/mol. The molecule has 7 heterocycles. The highest BCUT2D eigenvalue weighted by Crippen LogP contribution is 2.58. The number of fused-ring (bicyclic) bond motifs is 32. The highest BCUT2D eigenvalue weighted by atomic mass is 16.3. The first-order valence-corrected chi connectivity index (χ1v) is 47.3. The Morgan fingerprint density at radius 2 is 0.507 bits per heavy atom. The molecule has 3 aliphatic rings. The minimum atomic E-state index is -0.108. The Morgan fingerprint density at radius 1 is 0.176 bits per heavy atom. The summed E-state index contributed by atoms with van der Waals surface area (Å²) in [6.07, 6.45) is 0. The summed E-state index contributed by atoms with van der Waals surface area (Å²) in [4.78, 5) is 0. The predicted molar refractivity (Wildman–Crippen MR) is 568 cm³/mol. The number of rotatable bonds is 7. The lowest BCUT2D eigenvalue weighted by Gasteiger charge is -2.22. The Balaban J connectivity index is 0.000000106. The van der Waals surface area contributed by atoms with Gasteiger partial charge >= 0.3 is 0 Å². The highest BCUT2D eigenvalue weighted by molar-refractivity contribution is 6.20. The smallest absolute Gasteiger partial charge is 0.159 e. The van der Waals surface area contributed by atoms with Crippen LogP contribution in [0.4, 0.5) is 0 Å². The number of hydrogen-bond acceptors (Lipinski definition) is 3. The fraction of sp³-hybridized carbons (Fsp3) is 0.0698. The van der Waals surface area contributed by atoms with Gasteiger partial charge in [-0.25, -0.2) is 0 Å². The van der Waals surface area contributed by atoms with Crippen molar-refractivity contribution in [2.24, 2.45) is 0 Å². The molecule has 0 atom stereocenters. The van der Waals surface area contributed by atoms with Gasteiger partial charge in [0.05, 0.1) is 49.8 Å². The number of para-hydroxylation sites is 10. The van der Waals surface area contributed by atoms with Crippen LogP contribution in [-0.4, -0.2) is 18.3 Å². The van der Waals surface area contributed by atoms with Crippen molar-refractivity contribution < 1.29 is 13.3 Å². The molecule has 0 saturated heterocycles. The second kappa shape index (κ2) is 29.0. The third kappa shape index (κ3) is 11.1. The maximum absolute atomic E-state index is 6.47. The summed E-state index contributed by atoms with van der Waals surface area (Å²) in [6.45, 7) is 14.2. The molecule has 0 aliphatic heterocycles. The van der Waals surface area contributed by atoms with Crippen molar-refractivity contribution in [2.75, 3.05) is 0 Å². The van der Waals surface area contributed by atoms with E-state index in [9.17, 15) is 0 Å². The van der Waals surface area contributed by atoms with E-state index in [0.29, 0.717) is 0 Å². The maximum atomic E-state index is 6.47. The van der Waals surface area contributed by atoms with E-state index < -0.39 is 0 Å². The molecule has 0 fully saturated rings. The molecule has 30 rings (SSSR count). The van der Waals surface area contributed by atoms with Gasteiger partial charge in [0.15, 0.2) is 5.58 Å². The zero-order chi connectivity index (χ0) is 90.3. The first-order chi connectivity index (χ1) is 66.8. The van der Waals surface area contributed by atoms with E-state index in [4.69, 9.17) is 13.3 Å². The minimum absolute atomic E-state index is 0.0739. The van der Waals surface area contributed by atoms with Gasteiger partial charge in [0, 0.05) is 120 Å². The summed E-state index contributed by atoms with van der Waals surface area (Å²) in [5.74, 6) is 0. The van der Waals surface area contributed by atoms with Crippen LogP contribution in [0.2, 0.25) is 0 Å². The van der Waals surface area contributed by atoms with Crippen molar-refractivity contribution in [3.8, 4) is 89.5 Å². The molecule has 642 valence electrons. The number of benzene rings is 20. The van der Waals surface area contributed by atoms with Gasteiger partial charge in [-0.3, -0.25) is 0 Å². The number of aromatic nitrogens is 4. The third-order valence-electron chi connectivity index (χ3n) is 30.5. The summed E-state index contributed by atoms with van der Waals surface area (Å²) in [5.41, 5.74) is 43.0. The van der Waals surface area contributed by atoms with Crippen LogP contribution in [0.1, 0.15) is 74.9 Å². The number of nitrogens with zero attached hydrogens (tertiary/aromatic N) is 4. The van der Waals surface area contributed by atoms with Gasteiger partial charge in [-0.2, -0.15) is 0 Å². The molecule has 0 saturated carbocycles. The Morgan fingerprint density at radius 3 is 1.02 bits per heavy atom. The second-order valence-electron chi connectivity index (χ2n) is 38.8. The largest absolute Gasteiger partial charge is 0.455 e. The molecule has 7 aromatic heterocycles. The fourth-order valence-electron chi connectivity index (χ4n) is 24.3. The van der Waals surface area contributed by atoms with Gasteiger partial charge in [-0.15, -0.1) is 0 Å². The summed E-state index contributed by atoms with van der Waals surface area (Å²) >= 11 is 0. The van der Waals surface area contributed by atoms with E-state index >= 15 is 0 Å². The lowest BCUT2D eigenvalue weighted by Crippen LogP contribution is -2.15. The molecule has 0 unspecified atom stereocenters. The van der Waals surface area contributed by atoms with Crippen LogP contribution in [0.3, 0.4) is 0 Å². The molecule has 0 amide bonds. The fourth-order valence-corrected chi connectivity index (χ4v) is 24.3. The van der Waals surface area contributed by atoms with Crippen LogP contribution in [0.15, 0.2) is 438 Å². The van der Waals surface area contributed by atoms with Crippen molar-refractivity contribution in [1.82, 2.24) is 18.3 Å². The van der Waals surface area contributed by atoms with Crippen molar-refractivity contribution in [1.29, 1.82) is 0 Å². The van der Waals surface area contributed by atoms with E-state index in [1.165, 1.54) is 171 Å². The van der Waals surface area contributed by atoms with Crippen molar-refractivity contribution in [3.05, 3.63) is 458 Å². The molecule has 7 heteroatoms. The predicted octanol–water partition coefficient (Wildman–Crippen LogP) is 35.1. The van der Waals surface area contributed by atoms with Gasteiger partial charge < -0.3 is 31.5 Å². The zero-order valence-electron chi connectivity index (χ0n) is 75.9. The first-order valence-electron chi connectivity index (χ1n) is 47.3. The van der Waals surface area contributed by atoms with Crippen molar-refractivity contribution in [3.63, 3.8) is 0 Å². The molecule has 27 aromatic rings. The van der Waals surface area contributed by atoms with Crippen LogP contribution in [0, 0.1) is 0 Å². The quantitative estimate of drug-likeness (QED) is 0.160. The van der Waals surface area contributed by atoms with E-state index in [1.807, 2.05) is 24.3 Å². The SMILES string of the molecule is CC1(C)c2ccccc2-c2cc3c(cc21)c1cc(-c2ccc4c(c2)c2ccccc2n4-c2ccccc2)ccc1n3-c1ccc(-c2cccc3c2oc2ccccc23)cc1.CC1(C)c2ccccc2-c2ccc3c(c21)c1ccccc1n3-c1ccc(-c2cccc3c2oc2ccccc23)cc1.CC1(C)c2ccccc2-c2ccc3c(c21)c1ccccc1n3-c1cccc2c1oc1ccccc12. The van der Waals surface area contributed by atoms with E-state index in [1.54, 1.807) is 0 Å². The summed E-state index contributed by atoms with van der Waals surface area (Å²) in [7, 11) is 0. The normalized spacial score (nSPS) is 13.7. The van der Waals surface area contributed by atoms with Crippen molar-refractivity contribution >= 4 is 153 Å². The van der Waals surface area contributed by atoms with Crippen LogP contribution in [0.25, 0.3) is 243 Å². The Labute approximate surface area is 784 Å². The van der Waals surface area contributed by atoms with Crippen LogP contribution >= 0.6 is 0 Å². The molecule has 0 radical (unpaired) electrons. The average molecular weight is 1740 g/mol. The third-order valence-corrected chi connectivity index (χ3v) is 30.5. The molecule has 20 aromatic carbocycles. The molecule has 0 spiro atoms. The van der Waals surface area contributed by atoms with Gasteiger partial charge in [-0.05, 0) is 216 Å². The summed E-state index contributed by atoms with van der Waals surface area (Å²) < 4.78 is 28.9. The second-order valence-corrected chi connectivity index (χ2v) is 38.8. The summed E-state index contributed by atoms with van der Waals surface area (Å²) in [5, 5.41) is 17.2. The zero-order valence-corrected chi connectivity index (χ0v) is 75.9. The van der Waals surface area contributed by atoms with Gasteiger partial charge in [0.25, 0.3) is 0 Å². The van der Waals surface area contributed by atoms with Crippen LogP contribution < -0.4 is 0 Å². The standard InChI is InChI=1S/C57H38N2O.C39H27NO.C33H23NO/c1-57(2)49-20-9-6-15-41(49)45-34-54-48(33-50(45)57)47-32-37(36-25-29-52-46(31-36)42-16-7-10-21-51(42)58(52)38-13-4-3-5-14-38)26-30-53(47)59(54)39-27-23-35(24-28-39)40-18-12-19-44-43-17-8-11-22-55(43)60-56(40)44;1-39(2)32-15-6-3-10-27(32)29-22-23-34-36(37(29)39)31-12-4-7-16-33(31)40(34)25-20-18-24(19-21-25)26-13-9-14-30-28-11-5-8-17-35(28)41-38(26)30;1-33(2)25-14-6-3-10-20(25)22-18-19-27-30(31(22)33)24-12-4-7-15-26(24)34(27)28-16-9-13-23-21-11-5-8-17-29(21)35-32(23)28/h3-34H,1-2H3;3-23H,1-2H3;3-19H,1-2H3. The van der Waals surface area contributed by atoms with Crippen LogP contribution in [0.5, 0.6) is 0 Å². The first kappa shape index (κ1) is 77.7. The van der Waals surface area contributed by atoms with E-state index in [0.717, 1.165) is 105 Å². The summed E-state index contributed by atoms with van der Waals surface area (Å²) in [6, 6.07) is 154. The number of furan rings is 3. The Bertz CT molecular complexity index is 9770. The Hall–Kier alpha value is -17.0. The average Bonchev–Trinajstić information content (AvgIpc) is 1.51. The van der Waals surface area contributed by atoms with E-state index in [-0.39, 0.29) is 16.2 Å².